The molecule has 1 atom stereocenters. The molecule has 0 spiro atoms. The number of esters is 1. The van der Waals surface area contributed by atoms with Crippen molar-refractivity contribution in [1.29, 1.82) is 0 Å². The lowest BCUT2D eigenvalue weighted by molar-refractivity contribution is -0.140. The monoisotopic (exact) mass is 340 g/mol. The van der Waals surface area contributed by atoms with Gasteiger partial charge in [-0.15, -0.1) is 11.8 Å². The highest BCUT2D eigenvalue weighted by Gasteiger charge is 2.13. The van der Waals surface area contributed by atoms with Gasteiger partial charge in [-0.05, 0) is 18.2 Å². The van der Waals surface area contributed by atoms with Gasteiger partial charge in [0.15, 0.2) is 0 Å². The molecular weight excluding hydrogens is 328 g/mol. The van der Waals surface area contributed by atoms with Crippen LogP contribution in [0, 0.1) is 0 Å². The van der Waals surface area contributed by atoms with Crippen LogP contribution in [0.5, 0.6) is 0 Å². The number of nitrogens with zero attached hydrogens (tertiary/aromatic N) is 2. The Morgan fingerprint density at radius 1 is 1.47 bits per heavy atom. The number of benzene rings is 1. The minimum absolute atomic E-state index is 0.101. The fourth-order valence-electron chi connectivity index (χ4n) is 1.65. The van der Waals surface area contributed by atoms with Crippen LogP contribution in [0.1, 0.15) is 13.3 Å². The maximum Gasteiger partial charge on any atom is 0.306 e. The highest BCUT2D eigenvalue weighted by atomic mass is 79.9. The van der Waals surface area contributed by atoms with Crippen LogP contribution in [-0.2, 0) is 9.53 Å². The molecule has 0 aliphatic heterocycles. The molecule has 1 aromatic heterocycles. The number of carbonyl (C=O) groups excluding carboxylic acids is 1. The van der Waals surface area contributed by atoms with Crippen molar-refractivity contribution >= 4 is 44.6 Å². The van der Waals surface area contributed by atoms with Crippen LogP contribution in [0.4, 0.5) is 0 Å². The largest absolute Gasteiger partial charge is 0.469 e. The Labute approximate surface area is 124 Å². The third kappa shape index (κ3) is 3.67. The van der Waals surface area contributed by atoms with Crippen molar-refractivity contribution in [3.8, 4) is 0 Å². The van der Waals surface area contributed by atoms with Crippen molar-refractivity contribution in [1.82, 2.24) is 9.97 Å². The van der Waals surface area contributed by atoms with E-state index < -0.39 is 0 Å². The Hall–Kier alpha value is -1.14. The number of ether oxygens (including phenoxy) is 1. The molecule has 0 aliphatic carbocycles. The summed E-state index contributed by atoms with van der Waals surface area (Å²) in [6.45, 7) is 1.98. The van der Waals surface area contributed by atoms with Gasteiger partial charge in [0.05, 0.1) is 19.0 Å². The lowest BCUT2D eigenvalue weighted by Crippen LogP contribution is -2.08. The third-order valence-electron chi connectivity index (χ3n) is 2.56. The molecule has 100 valence electrons. The van der Waals surface area contributed by atoms with Crippen molar-refractivity contribution in [2.45, 2.75) is 23.6 Å². The summed E-state index contributed by atoms with van der Waals surface area (Å²) < 4.78 is 5.66. The van der Waals surface area contributed by atoms with Gasteiger partial charge in [-0.2, -0.15) is 0 Å². The summed E-state index contributed by atoms with van der Waals surface area (Å²) in [6.07, 6.45) is 1.91. The molecule has 19 heavy (non-hydrogen) atoms. The minimum Gasteiger partial charge on any atom is -0.469 e. The number of aromatic nitrogens is 2. The zero-order chi connectivity index (χ0) is 13.8. The van der Waals surface area contributed by atoms with Crippen LogP contribution < -0.4 is 0 Å². The van der Waals surface area contributed by atoms with E-state index in [4.69, 9.17) is 0 Å². The molecule has 6 heteroatoms. The number of methoxy groups -OCH3 is 1. The molecule has 4 nitrogen and oxygen atoms in total. The van der Waals surface area contributed by atoms with E-state index in [9.17, 15) is 4.79 Å². The molecule has 0 aliphatic rings. The second kappa shape index (κ2) is 6.34. The molecule has 2 rings (SSSR count). The quantitative estimate of drug-likeness (QED) is 0.484. The second-order valence-electron chi connectivity index (χ2n) is 4.05. The maximum atomic E-state index is 11.3. The predicted octanol–water partition coefficient (Wildman–Crippen LogP) is 3.44. The van der Waals surface area contributed by atoms with Crippen LogP contribution in [0.2, 0.25) is 0 Å². The summed E-state index contributed by atoms with van der Waals surface area (Å²) in [5.41, 5.74) is 0.894. The van der Waals surface area contributed by atoms with Crippen molar-refractivity contribution in [2.24, 2.45) is 0 Å². The summed E-state index contributed by atoms with van der Waals surface area (Å²) in [4.78, 5) is 19.8. The Balaban J connectivity index is 2.25. The molecular formula is C13H13BrN2O2S. The topological polar surface area (TPSA) is 52.1 Å². The predicted molar refractivity (Wildman–Crippen MR) is 79.2 cm³/mol. The summed E-state index contributed by atoms with van der Waals surface area (Å²) in [5, 5.41) is 1.96. The average Bonchev–Trinajstić information content (AvgIpc) is 2.39. The van der Waals surface area contributed by atoms with Crippen LogP contribution in [0.25, 0.3) is 10.9 Å². The average molecular weight is 341 g/mol. The lowest BCUT2D eigenvalue weighted by atomic mass is 10.2. The molecule has 1 heterocycles. The van der Waals surface area contributed by atoms with E-state index >= 15 is 0 Å². The van der Waals surface area contributed by atoms with Crippen molar-refractivity contribution in [2.75, 3.05) is 7.11 Å². The van der Waals surface area contributed by atoms with Crippen molar-refractivity contribution in [3.63, 3.8) is 0 Å². The minimum atomic E-state index is -0.209. The first-order chi connectivity index (χ1) is 9.10. The Morgan fingerprint density at radius 2 is 2.26 bits per heavy atom. The van der Waals surface area contributed by atoms with Crippen LogP contribution in [0.15, 0.2) is 34.0 Å². The fraction of sp³-hybridized carbons (Fsp3) is 0.308. The molecule has 0 bridgehead atoms. The molecule has 2 aromatic rings. The highest BCUT2D eigenvalue weighted by molar-refractivity contribution is 9.10. The van der Waals surface area contributed by atoms with Gasteiger partial charge in [0.25, 0.3) is 0 Å². The number of hydrogen-bond donors (Lipinski definition) is 0. The first kappa shape index (κ1) is 14.3. The second-order valence-corrected chi connectivity index (χ2v) is 6.39. The molecule has 0 saturated heterocycles. The number of thioether (sulfide) groups is 1. The van der Waals surface area contributed by atoms with E-state index in [1.54, 1.807) is 18.1 Å². The molecule has 0 N–H and O–H groups in total. The van der Waals surface area contributed by atoms with Gasteiger partial charge in [-0.25, -0.2) is 9.97 Å². The number of rotatable bonds is 4. The van der Waals surface area contributed by atoms with Gasteiger partial charge in [0, 0.05) is 15.1 Å². The summed E-state index contributed by atoms with van der Waals surface area (Å²) >= 11 is 5.00. The van der Waals surface area contributed by atoms with Gasteiger partial charge in [-0.3, -0.25) is 4.79 Å². The number of fused-ring (bicyclic) bond motifs is 1. The molecule has 0 fully saturated rings. The Bertz CT molecular complexity index is 606. The molecule has 1 aromatic carbocycles. The standard InChI is InChI=1S/C13H13BrN2O2S/c1-8(5-12(17)18-2)19-13-10-6-9(14)3-4-11(10)15-7-16-13/h3-4,6-8H,5H2,1-2H3. The normalized spacial score (nSPS) is 12.4. The van der Waals surface area contributed by atoms with Crippen molar-refractivity contribution in [3.05, 3.63) is 29.0 Å². The lowest BCUT2D eigenvalue weighted by Gasteiger charge is -2.10. The number of hydrogen-bond acceptors (Lipinski definition) is 5. The van der Waals surface area contributed by atoms with Gasteiger partial charge < -0.3 is 4.74 Å². The van der Waals surface area contributed by atoms with E-state index in [-0.39, 0.29) is 11.2 Å². The summed E-state index contributed by atoms with van der Waals surface area (Å²) in [7, 11) is 1.40. The van der Waals surface area contributed by atoms with Crippen LogP contribution in [-0.4, -0.2) is 28.3 Å². The molecule has 0 saturated carbocycles. The SMILES string of the molecule is COC(=O)CC(C)Sc1ncnc2ccc(Br)cc12. The maximum absolute atomic E-state index is 11.3. The zero-order valence-corrected chi connectivity index (χ0v) is 13.0. The van der Waals surface area contributed by atoms with Gasteiger partial charge >= 0.3 is 5.97 Å². The highest BCUT2D eigenvalue weighted by Crippen LogP contribution is 2.30. The van der Waals surface area contributed by atoms with Crippen LogP contribution in [0.3, 0.4) is 0 Å². The number of halogens is 1. The van der Waals surface area contributed by atoms with E-state index in [1.165, 1.54) is 7.11 Å². The van der Waals surface area contributed by atoms with E-state index in [0.717, 1.165) is 20.4 Å². The molecule has 0 amide bonds. The van der Waals surface area contributed by atoms with E-state index in [2.05, 4.69) is 30.6 Å². The zero-order valence-electron chi connectivity index (χ0n) is 10.6. The molecule has 1 unspecified atom stereocenters. The Kier molecular flexibility index (Phi) is 4.76. The summed E-state index contributed by atoms with van der Waals surface area (Å²) in [6, 6.07) is 5.88. The van der Waals surface area contributed by atoms with Gasteiger partial charge in [-0.1, -0.05) is 22.9 Å². The fourth-order valence-corrected chi connectivity index (χ4v) is 3.01. The van der Waals surface area contributed by atoms with Crippen LogP contribution >= 0.6 is 27.7 Å². The van der Waals surface area contributed by atoms with E-state index in [0.29, 0.717) is 6.42 Å². The summed E-state index contributed by atoms with van der Waals surface area (Å²) in [5.74, 6) is -0.209. The van der Waals surface area contributed by atoms with Crippen molar-refractivity contribution < 1.29 is 9.53 Å². The molecule has 0 radical (unpaired) electrons. The number of carbonyl (C=O) groups is 1. The van der Waals surface area contributed by atoms with Gasteiger partial charge in [0.1, 0.15) is 11.4 Å². The van der Waals surface area contributed by atoms with Gasteiger partial charge in [0.2, 0.25) is 0 Å². The first-order valence-corrected chi connectivity index (χ1v) is 7.41. The first-order valence-electron chi connectivity index (χ1n) is 5.74. The third-order valence-corrected chi connectivity index (χ3v) is 4.17. The smallest absolute Gasteiger partial charge is 0.306 e. The Morgan fingerprint density at radius 3 is 3.00 bits per heavy atom. The van der Waals surface area contributed by atoms with E-state index in [1.807, 2.05) is 25.1 Å².